The molecular formula is C22H26ClNO4S. The molecule has 1 fully saturated rings. The van der Waals surface area contributed by atoms with Crippen molar-refractivity contribution in [3.05, 3.63) is 64.7 Å². The molecular weight excluding hydrogens is 410 g/mol. The maximum absolute atomic E-state index is 13.6. The maximum atomic E-state index is 13.6. The Morgan fingerprint density at radius 1 is 1.10 bits per heavy atom. The SMILES string of the molecule is CC[C@H](C1CCCC1)N(Cc1ccc(C(=O)O)cc1)S(=O)(=O)c1ccc(Cl)cc1. The third-order valence-corrected chi connectivity index (χ3v) is 7.83. The summed E-state index contributed by atoms with van der Waals surface area (Å²) < 4.78 is 28.7. The van der Waals surface area contributed by atoms with Crippen molar-refractivity contribution >= 4 is 27.6 Å². The predicted molar refractivity (Wildman–Crippen MR) is 114 cm³/mol. The normalized spacial score (nSPS) is 16.2. The molecule has 1 saturated carbocycles. The van der Waals surface area contributed by atoms with Gasteiger partial charge in [0.1, 0.15) is 0 Å². The number of aromatic carboxylic acids is 1. The van der Waals surface area contributed by atoms with E-state index in [0.717, 1.165) is 37.7 Å². The van der Waals surface area contributed by atoms with Gasteiger partial charge in [0.25, 0.3) is 0 Å². The Hall–Kier alpha value is -1.89. The highest BCUT2D eigenvalue weighted by Gasteiger charge is 2.36. The third-order valence-electron chi connectivity index (χ3n) is 5.69. The second-order valence-corrected chi connectivity index (χ2v) is 9.85. The Morgan fingerprint density at radius 3 is 2.21 bits per heavy atom. The van der Waals surface area contributed by atoms with Gasteiger partial charge in [-0.15, -0.1) is 0 Å². The lowest BCUT2D eigenvalue weighted by atomic mass is 9.95. The molecule has 0 amide bonds. The molecule has 1 atom stereocenters. The highest BCUT2D eigenvalue weighted by molar-refractivity contribution is 7.89. The van der Waals surface area contributed by atoms with Crippen molar-refractivity contribution in [2.24, 2.45) is 5.92 Å². The zero-order chi connectivity index (χ0) is 21.0. The number of hydrogen-bond acceptors (Lipinski definition) is 3. The Kier molecular flexibility index (Phi) is 6.98. The van der Waals surface area contributed by atoms with Crippen molar-refractivity contribution in [1.82, 2.24) is 4.31 Å². The molecule has 0 spiro atoms. The first-order valence-corrected chi connectivity index (χ1v) is 11.7. The zero-order valence-corrected chi connectivity index (χ0v) is 18.0. The fraction of sp³-hybridized carbons (Fsp3) is 0.409. The first-order chi connectivity index (χ1) is 13.8. The number of hydrogen-bond donors (Lipinski definition) is 1. The van der Waals surface area contributed by atoms with E-state index in [1.807, 2.05) is 6.92 Å². The van der Waals surface area contributed by atoms with Gasteiger partial charge in [0.15, 0.2) is 0 Å². The van der Waals surface area contributed by atoms with E-state index in [0.29, 0.717) is 10.9 Å². The molecule has 7 heteroatoms. The molecule has 3 rings (SSSR count). The Bertz CT molecular complexity index is 936. The standard InChI is InChI=1S/C22H26ClNO4S/c1-2-21(17-5-3-4-6-17)24(15-16-7-9-18(10-8-16)22(25)26)29(27,28)20-13-11-19(23)12-14-20/h7-14,17,21H,2-6,15H2,1H3,(H,25,26)/t21-/m1/s1. The fourth-order valence-corrected chi connectivity index (χ4v) is 6.04. The summed E-state index contributed by atoms with van der Waals surface area (Å²) in [4.78, 5) is 11.3. The Labute approximate surface area is 177 Å². The van der Waals surface area contributed by atoms with Gasteiger partial charge in [-0.3, -0.25) is 0 Å². The fourth-order valence-electron chi connectivity index (χ4n) is 4.17. The van der Waals surface area contributed by atoms with Gasteiger partial charge >= 0.3 is 5.97 Å². The molecule has 1 aliphatic rings. The average molecular weight is 436 g/mol. The molecule has 0 aliphatic heterocycles. The Morgan fingerprint density at radius 2 is 1.69 bits per heavy atom. The second kappa shape index (κ2) is 9.28. The first kappa shape index (κ1) is 21.8. The van der Waals surface area contributed by atoms with E-state index in [1.54, 1.807) is 40.7 Å². The maximum Gasteiger partial charge on any atom is 0.335 e. The lowest BCUT2D eigenvalue weighted by Gasteiger charge is -2.34. The van der Waals surface area contributed by atoms with Crippen LogP contribution < -0.4 is 0 Å². The van der Waals surface area contributed by atoms with E-state index in [4.69, 9.17) is 16.7 Å². The lowest BCUT2D eigenvalue weighted by Crippen LogP contribution is -2.43. The molecule has 2 aromatic carbocycles. The van der Waals surface area contributed by atoms with Crippen LogP contribution in [0.25, 0.3) is 0 Å². The first-order valence-electron chi connectivity index (χ1n) is 9.92. The van der Waals surface area contributed by atoms with Crippen molar-refractivity contribution in [2.45, 2.75) is 56.5 Å². The molecule has 156 valence electrons. The van der Waals surface area contributed by atoms with Crippen molar-refractivity contribution in [2.75, 3.05) is 0 Å². The largest absolute Gasteiger partial charge is 0.478 e. The average Bonchev–Trinajstić information content (AvgIpc) is 3.23. The molecule has 1 aliphatic carbocycles. The summed E-state index contributed by atoms with van der Waals surface area (Å²) in [7, 11) is -3.73. The zero-order valence-electron chi connectivity index (χ0n) is 16.4. The molecule has 0 aromatic heterocycles. The van der Waals surface area contributed by atoms with Crippen LogP contribution in [0, 0.1) is 5.92 Å². The molecule has 0 heterocycles. The summed E-state index contributed by atoms with van der Waals surface area (Å²) in [5.41, 5.74) is 0.952. The van der Waals surface area contributed by atoms with E-state index < -0.39 is 16.0 Å². The van der Waals surface area contributed by atoms with E-state index in [1.165, 1.54) is 12.1 Å². The number of carboxylic acids is 1. The van der Waals surface area contributed by atoms with Gasteiger partial charge < -0.3 is 5.11 Å². The predicted octanol–water partition coefficient (Wildman–Crippen LogP) is 5.20. The number of halogens is 1. The molecule has 0 bridgehead atoms. The summed E-state index contributed by atoms with van der Waals surface area (Å²) in [6.45, 7) is 2.24. The van der Waals surface area contributed by atoms with Crippen molar-refractivity contribution in [3.63, 3.8) is 0 Å². The highest BCUT2D eigenvalue weighted by atomic mass is 35.5. The van der Waals surface area contributed by atoms with E-state index >= 15 is 0 Å². The van der Waals surface area contributed by atoms with Crippen LogP contribution >= 0.6 is 11.6 Å². The topological polar surface area (TPSA) is 74.7 Å². The molecule has 29 heavy (non-hydrogen) atoms. The third kappa shape index (κ3) is 5.00. The van der Waals surface area contributed by atoms with Crippen LogP contribution in [0.15, 0.2) is 53.4 Å². The van der Waals surface area contributed by atoms with Crippen LogP contribution in [0.2, 0.25) is 5.02 Å². The van der Waals surface area contributed by atoms with Crippen molar-refractivity contribution < 1.29 is 18.3 Å². The summed E-state index contributed by atoms with van der Waals surface area (Å²) in [6, 6.07) is 12.6. The monoisotopic (exact) mass is 435 g/mol. The van der Waals surface area contributed by atoms with Gasteiger partial charge in [-0.25, -0.2) is 13.2 Å². The molecule has 0 unspecified atom stereocenters. The number of sulfonamides is 1. The second-order valence-electron chi connectivity index (χ2n) is 7.53. The molecule has 0 radical (unpaired) electrons. The van der Waals surface area contributed by atoms with Crippen molar-refractivity contribution in [3.8, 4) is 0 Å². The quantitative estimate of drug-likeness (QED) is 0.618. The van der Waals surface area contributed by atoms with Crippen LogP contribution in [0.1, 0.15) is 54.9 Å². The number of carbonyl (C=O) groups is 1. The number of benzene rings is 2. The minimum atomic E-state index is -3.73. The molecule has 1 N–H and O–H groups in total. The van der Waals surface area contributed by atoms with Crippen LogP contribution in [-0.2, 0) is 16.6 Å². The summed E-state index contributed by atoms with van der Waals surface area (Å²) in [5, 5.41) is 9.60. The van der Waals surface area contributed by atoms with Gasteiger partial charge in [0.2, 0.25) is 10.0 Å². The number of carboxylic acid groups (broad SMARTS) is 1. The van der Waals surface area contributed by atoms with E-state index in [2.05, 4.69) is 0 Å². The van der Waals surface area contributed by atoms with Crippen LogP contribution in [-0.4, -0.2) is 29.8 Å². The number of nitrogens with zero attached hydrogens (tertiary/aromatic N) is 1. The smallest absolute Gasteiger partial charge is 0.335 e. The Balaban J connectivity index is 1.98. The van der Waals surface area contributed by atoms with E-state index in [9.17, 15) is 13.2 Å². The van der Waals surface area contributed by atoms with E-state index in [-0.39, 0.29) is 23.0 Å². The minimum absolute atomic E-state index is 0.0997. The van der Waals surface area contributed by atoms with Crippen molar-refractivity contribution in [1.29, 1.82) is 0 Å². The summed E-state index contributed by atoms with van der Waals surface area (Å²) >= 11 is 5.95. The van der Waals surface area contributed by atoms with Gasteiger partial charge in [0, 0.05) is 17.6 Å². The van der Waals surface area contributed by atoms with Gasteiger partial charge in [0.05, 0.1) is 10.5 Å². The molecule has 2 aromatic rings. The van der Waals surface area contributed by atoms with Crippen LogP contribution in [0.3, 0.4) is 0 Å². The summed E-state index contributed by atoms with van der Waals surface area (Å²) in [5.74, 6) is -0.667. The van der Waals surface area contributed by atoms with Crippen LogP contribution in [0.4, 0.5) is 0 Å². The highest BCUT2D eigenvalue weighted by Crippen LogP contribution is 2.35. The van der Waals surface area contributed by atoms with Gasteiger partial charge in [-0.05, 0) is 67.1 Å². The summed E-state index contributed by atoms with van der Waals surface area (Å²) in [6.07, 6.45) is 5.05. The minimum Gasteiger partial charge on any atom is -0.478 e. The van der Waals surface area contributed by atoms with Gasteiger partial charge in [-0.1, -0.05) is 43.5 Å². The molecule has 5 nitrogen and oxygen atoms in total. The number of rotatable bonds is 8. The van der Waals surface area contributed by atoms with Gasteiger partial charge in [-0.2, -0.15) is 4.31 Å². The lowest BCUT2D eigenvalue weighted by molar-refractivity contribution is 0.0697. The van der Waals surface area contributed by atoms with Crippen LogP contribution in [0.5, 0.6) is 0 Å². The molecule has 0 saturated heterocycles.